The molecule has 0 aliphatic carbocycles. The number of benzene rings is 1. The molecule has 3 heterocycles. The third kappa shape index (κ3) is 3.73. The predicted octanol–water partition coefficient (Wildman–Crippen LogP) is 2.72. The zero-order valence-electron chi connectivity index (χ0n) is 13.1. The number of nitrogens with one attached hydrogen (secondary N) is 1. The van der Waals surface area contributed by atoms with Gasteiger partial charge in [0.05, 0.1) is 12.2 Å². The maximum Gasteiger partial charge on any atom is 0.255 e. The molecule has 1 amide bonds. The summed E-state index contributed by atoms with van der Waals surface area (Å²) >= 11 is 0. The Bertz CT molecular complexity index is 501. The fourth-order valence-corrected chi connectivity index (χ4v) is 3.37. The van der Waals surface area contributed by atoms with Crippen LogP contribution in [0.1, 0.15) is 36.5 Å². The number of para-hydroxylation sites is 1. The van der Waals surface area contributed by atoms with E-state index in [1.54, 1.807) is 0 Å². The van der Waals surface area contributed by atoms with E-state index in [0.29, 0.717) is 29.9 Å². The van der Waals surface area contributed by atoms with Gasteiger partial charge >= 0.3 is 0 Å². The van der Waals surface area contributed by atoms with Crippen LogP contribution in [0.2, 0.25) is 0 Å². The molecular formula is C17H25ClN2O2. The highest BCUT2D eigenvalue weighted by molar-refractivity contribution is 5.97. The molecule has 4 rings (SSSR count). The summed E-state index contributed by atoms with van der Waals surface area (Å²) in [6.45, 7) is 6.08. The van der Waals surface area contributed by atoms with Gasteiger partial charge in [-0.3, -0.25) is 4.79 Å². The molecule has 3 aliphatic heterocycles. The molecule has 5 heteroatoms. The molecule has 3 saturated heterocycles. The minimum Gasteiger partial charge on any atom is -0.493 e. The number of nitrogens with zero attached hydrogens (tertiary/aromatic N) is 1. The standard InChI is InChI=1S/C17H24N2O2.ClH/c1-2-11-21-16-6-4-3-5-14(16)17(20)18-15-12-19-9-7-13(15)8-10-19;/h3-6,13,15H,2,7-12H2,1H3,(H,18,20);1H/t15-;/m0./s1. The van der Waals surface area contributed by atoms with Crippen LogP contribution in [0.5, 0.6) is 5.75 Å². The van der Waals surface area contributed by atoms with Gasteiger partial charge in [0.25, 0.3) is 5.91 Å². The SMILES string of the molecule is CCCOc1ccccc1C(=O)N[C@H]1CN2CCC1CC2.Cl. The van der Waals surface area contributed by atoms with Gasteiger partial charge in [-0.2, -0.15) is 0 Å². The molecule has 0 unspecified atom stereocenters. The Labute approximate surface area is 138 Å². The Hall–Kier alpha value is -1.26. The number of ether oxygens (including phenoxy) is 1. The van der Waals surface area contributed by atoms with Crippen molar-refractivity contribution in [2.45, 2.75) is 32.2 Å². The Balaban J connectivity index is 0.00000176. The maximum atomic E-state index is 12.6. The van der Waals surface area contributed by atoms with Gasteiger partial charge in [0.2, 0.25) is 0 Å². The van der Waals surface area contributed by atoms with E-state index in [1.807, 2.05) is 24.3 Å². The third-order valence-corrected chi connectivity index (χ3v) is 4.57. The molecule has 1 atom stereocenters. The highest BCUT2D eigenvalue weighted by Crippen LogP contribution is 2.28. The van der Waals surface area contributed by atoms with E-state index in [2.05, 4.69) is 17.1 Å². The monoisotopic (exact) mass is 324 g/mol. The molecule has 0 aromatic heterocycles. The highest BCUT2D eigenvalue weighted by atomic mass is 35.5. The van der Waals surface area contributed by atoms with Gasteiger partial charge in [0.15, 0.2) is 0 Å². The van der Waals surface area contributed by atoms with Gasteiger partial charge in [-0.25, -0.2) is 0 Å². The molecule has 3 fully saturated rings. The van der Waals surface area contributed by atoms with Crippen molar-refractivity contribution in [3.05, 3.63) is 29.8 Å². The molecule has 0 radical (unpaired) electrons. The Morgan fingerprint density at radius 2 is 2.05 bits per heavy atom. The van der Waals surface area contributed by atoms with Crippen molar-refractivity contribution in [1.29, 1.82) is 0 Å². The molecule has 122 valence electrons. The molecule has 22 heavy (non-hydrogen) atoms. The molecule has 0 spiro atoms. The van der Waals surface area contributed by atoms with Gasteiger partial charge < -0.3 is 15.0 Å². The summed E-state index contributed by atoms with van der Waals surface area (Å²) in [6, 6.07) is 7.82. The third-order valence-electron chi connectivity index (χ3n) is 4.57. The van der Waals surface area contributed by atoms with Crippen LogP contribution in [0.25, 0.3) is 0 Å². The Morgan fingerprint density at radius 1 is 1.32 bits per heavy atom. The zero-order chi connectivity index (χ0) is 14.7. The number of rotatable bonds is 5. The van der Waals surface area contributed by atoms with E-state index < -0.39 is 0 Å². The molecule has 1 aromatic rings. The van der Waals surface area contributed by atoms with E-state index in [0.717, 1.165) is 13.0 Å². The van der Waals surface area contributed by atoms with Crippen molar-refractivity contribution in [3.8, 4) is 5.75 Å². The lowest BCUT2D eigenvalue weighted by Gasteiger charge is -2.44. The van der Waals surface area contributed by atoms with Crippen molar-refractivity contribution < 1.29 is 9.53 Å². The summed E-state index contributed by atoms with van der Waals surface area (Å²) in [5.74, 6) is 1.33. The second kappa shape index (κ2) is 7.84. The predicted molar refractivity (Wildman–Crippen MR) is 89.9 cm³/mol. The number of amides is 1. The molecule has 0 saturated carbocycles. The maximum absolute atomic E-state index is 12.6. The summed E-state index contributed by atoms with van der Waals surface area (Å²) in [6.07, 6.45) is 3.35. The smallest absolute Gasteiger partial charge is 0.255 e. The average Bonchev–Trinajstić information content (AvgIpc) is 2.54. The number of halogens is 1. The first-order valence-corrected chi connectivity index (χ1v) is 8.03. The number of carbonyl (C=O) groups excluding carboxylic acids is 1. The van der Waals surface area contributed by atoms with Crippen LogP contribution in [-0.4, -0.2) is 43.1 Å². The summed E-state index contributed by atoms with van der Waals surface area (Å²) < 4.78 is 5.69. The normalized spacial score (nSPS) is 26.1. The Morgan fingerprint density at radius 3 is 2.68 bits per heavy atom. The largest absolute Gasteiger partial charge is 0.493 e. The highest BCUT2D eigenvalue weighted by Gasteiger charge is 2.35. The lowest BCUT2D eigenvalue weighted by Crippen LogP contribution is -2.57. The van der Waals surface area contributed by atoms with Crippen molar-refractivity contribution in [2.24, 2.45) is 5.92 Å². The van der Waals surface area contributed by atoms with Crippen molar-refractivity contribution in [2.75, 3.05) is 26.2 Å². The molecule has 4 nitrogen and oxygen atoms in total. The van der Waals surface area contributed by atoms with E-state index in [1.165, 1.54) is 25.9 Å². The zero-order valence-corrected chi connectivity index (χ0v) is 13.9. The van der Waals surface area contributed by atoms with Crippen molar-refractivity contribution >= 4 is 18.3 Å². The summed E-state index contributed by atoms with van der Waals surface area (Å²) in [5, 5.41) is 3.22. The van der Waals surface area contributed by atoms with Gasteiger partial charge in [0.1, 0.15) is 5.75 Å². The number of piperidine rings is 3. The lowest BCUT2D eigenvalue weighted by molar-refractivity contribution is 0.0618. The van der Waals surface area contributed by atoms with Crippen LogP contribution in [0.15, 0.2) is 24.3 Å². The van der Waals surface area contributed by atoms with E-state index in [-0.39, 0.29) is 18.3 Å². The number of fused-ring (bicyclic) bond motifs is 3. The number of hydrogen-bond acceptors (Lipinski definition) is 3. The minimum absolute atomic E-state index is 0. The quantitative estimate of drug-likeness (QED) is 0.905. The summed E-state index contributed by atoms with van der Waals surface area (Å²) in [4.78, 5) is 15.0. The van der Waals surface area contributed by atoms with Gasteiger partial charge in [-0.15, -0.1) is 12.4 Å². The number of carbonyl (C=O) groups is 1. The summed E-state index contributed by atoms with van der Waals surface area (Å²) in [5.41, 5.74) is 0.655. The van der Waals surface area contributed by atoms with Crippen LogP contribution in [-0.2, 0) is 0 Å². The first-order chi connectivity index (χ1) is 10.3. The summed E-state index contributed by atoms with van der Waals surface area (Å²) in [7, 11) is 0. The van der Waals surface area contributed by atoms with Crippen LogP contribution in [0, 0.1) is 5.92 Å². The fraction of sp³-hybridized carbons (Fsp3) is 0.588. The van der Waals surface area contributed by atoms with E-state index in [9.17, 15) is 4.79 Å². The van der Waals surface area contributed by atoms with Gasteiger partial charge in [-0.05, 0) is 50.4 Å². The first kappa shape index (κ1) is 17.1. The van der Waals surface area contributed by atoms with Gasteiger partial charge in [0, 0.05) is 12.6 Å². The van der Waals surface area contributed by atoms with E-state index >= 15 is 0 Å². The Kier molecular flexibility index (Phi) is 6.09. The fourth-order valence-electron chi connectivity index (χ4n) is 3.37. The second-order valence-corrected chi connectivity index (χ2v) is 6.06. The second-order valence-electron chi connectivity index (χ2n) is 6.06. The van der Waals surface area contributed by atoms with Crippen LogP contribution in [0.3, 0.4) is 0 Å². The average molecular weight is 325 g/mol. The van der Waals surface area contributed by atoms with E-state index in [4.69, 9.17) is 4.74 Å². The topological polar surface area (TPSA) is 41.6 Å². The molecular weight excluding hydrogens is 300 g/mol. The molecule has 2 bridgehead atoms. The molecule has 3 aliphatic rings. The molecule has 1 aromatic carbocycles. The van der Waals surface area contributed by atoms with Crippen molar-refractivity contribution in [1.82, 2.24) is 10.2 Å². The molecule has 1 N–H and O–H groups in total. The van der Waals surface area contributed by atoms with Crippen LogP contribution < -0.4 is 10.1 Å². The lowest BCUT2D eigenvalue weighted by atomic mass is 9.84. The minimum atomic E-state index is 0. The van der Waals surface area contributed by atoms with Crippen molar-refractivity contribution in [3.63, 3.8) is 0 Å². The number of hydrogen-bond donors (Lipinski definition) is 1. The van der Waals surface area contributed by atoms with Gasteiger partial charge in [-0.1, -0.05) is 19.1 Å². The van der Waals surface area contributed by atoms with Crippen LogP contribution >= 0.6 is 12.4 Å². The van der Waals surface area contributed by atoms with Crippen LogP contribution in [0.4, 0.5) is 0 Å². The first-order valence-electron chi connectivity index (χ1n) is 8.03.